The molecule has 7 nitrogen and oxygen atoms in total. The third-order valence-electron chi connectivity index (χ3n) is 2.44. The molecule has 0 aliphatic rings. The first-order valence-electron chi connectivity index (χ1n) is 7.18. The summed E-state index contributed by atoms with van der Waals surface area (Å²) in [6, 6.07) is 11.6. The molecule has 0 fully saturated rings. The Morgan fingerprint density at radius 3 is 1.88 bits per heavy atom. The molecule has 1 N–H and O–H groups in total. The van der Waals surface area contributed by atoms with Crippen molar-refractivity contribution < 1.29 is 26.2 Å². The largest absolute Gasteiger partial charge is 2.00 e. The second-order valence-corrected chi connectivity index (χ2v) is 5.65. The van der Waals surface area contributed by atoms with Crippen LogP contribution in [-0.2, 0) is 33.7 Å². The van der Waals surface area contributed by atoms with Gasteiger partial charge in [0.1, 0.15) is 0 Å². The number of unbranched alkanes of at least 4 members (excludes halogenated alkanes) is 1. The van der Waals surface area contributed by atoms with Gasteiger partial charge in [0.05, 0.1) is 16.5 Å². The van der Waals surface area contributed by atoms with E-state index in [4.69, 9.17) is 28.0 Å². The summed E-state index contributed by atoms with van der Waals surface area (Å²) >= 11 is 8.72. The molecule has 0 saturated heterocycles. The fourth-order valence-corrected chi connectivity index (χ4v) is 1.68. The van der Waals surface area contributed by atoms with E-state index < -0.39 is 5.09 Å². The molecule has 2 aromatic rings. The topological polar surface area (TPSA) is 104 Å². The molecule has 2 aromatic heterocycles. The van der Waals surface area contributed by atoms with E-state index in [0.29, 0.717) is 0 Å². The van der Waals surface area contributed by atoms with E-state index in [1.165, 1.54) is 12.8 Å². The van der Waals surface area contributed by atoms with Gasteiger partial charge in [-0.05, 0) is 37.2 Å². The van der Waals surface area contributed by atoms with Crippen molar-refractivity contribution in [3.63, 3.8) is 0 Å². The summed E-state index contributed by atoms with van der Waals surface area (Å²) in [7, 11) is 0. The van der Waals surface area contributed by atoms with Crippen molar-refractivity contribution in [2.24, 2.45) is 0 Å². The number of thiol groups is 1. The maximum absolute atomic E-state index is 8.25. The SMILES string of the molecule is CCCCNC([S-])S.O=[N+]([O-])[O-].[Pt+2].c1ccc(-c2ccccn2)nc1. The van der Waals surface area contributed by atoms with Crippen LogP contribution < -0.4 is 5.32 Å². The minimum absolute atomic E-state index is 0. The fraction of sp³-hybridized carbons (Fsp3) is 0.333. The Morgan fingerprint density at radius 1 is 1.16 bits per heavy atom. The molecular formula is C15H20N4O3PtS2. The smallest absolute Gasteiger partial charge is 0.764 e. The Kier molecular flexibility index (Phi) is 18.4. The molecule has 140 valence electrons. The van der Waals surface area contributed by atoms with Crippen molar-refractivity contribution in [2.75, 3.05) is 6.54 Å². The van der Waals surface area contributed by atoms with Crippen LogP contribution in [0.3, 0.4) is 0 Å². The van der Waals surface area contributed by atoms with Gasteiger partial charge < -0.3 is 33.3 Å². The van der Waals surface area contributed by atoms with Crippen molar-refractivity contribution in [2.45, 2.75) is 24.5 Å². The summed E-state index contributed by atoms with van der Waals surface area (Å²) in [5.41, 5.74) is 1.83. The van der Waals surface area contributed by atoms with E-state index in [9.17, 15) is 0 Å². The summed E-state index contributed by atoms with van der Waals surface area (Å²) < 4.78 is -0.0680. The van der Waals surface area contributed by atoms with Gasteiger partial charge in [0, 0.05) is 12.4 Å². The molecular weight excluding hydrogens is 543 g/mol. The molecule has 0 aliphatic carbocycles. The second kappa shape index (κ2) is 17.7. The zero-order chi connectivity index (χ0) is 18.2. The minimum Gasteiger partial charge on any atom is -0.764 e. The number of nitrogens with zero attached hydrogens (tertiary/aromatic N) is 3. The molecule has 0 aliphatic heterocycles. The van der Waals surface area contributed by atoms with E-state index in [2.05, 4.69) is 34.8 Å². The predicted octanol–water partition coefficient (Wildman–Crippen LogP) is 3.04. The van der Waals surface area contributed by atoms with Gasteiger partial charge in [0.25, 0.3) is 0 Å². The molecule has 0 aromatic carbocycles. The average Bonchev–Trinajstić information content (AvgIpc) is 2.57. The normalized spacial score (nSPS) is 10.0. The van der Waals surface area contributed by atoms with Gasteiger partial charge in [0.15, 0.2) is 0 Å². The maximum Gasteiger partial charge on any atom is 2.00 e. The summed E-state index contributed by atoms with van der Waals surface area (Å²) in [5, 5.41) is 17.8. The van der Waals surface area contributed by atoms with Crippen LogP contribution in [-0.4, -0.2) is 26.3 Å². The second-order valence-electron chi connectivity index (χ2n) is 4.31. The van der Waals surface area contributed by atoms with Crippen molar-refractivity contribution in [3.05, 3.63) is 64.1 Å². The molecule has 2 heterocycles. The summed E-state index contributed by atoms with van der Waals surface area (Å²) in [6.45, 7) is 3.15. The first-order valence-corrected chi connectivity index (χ1v) is 8.17. The van der Waals surface area contributed by atoms with Gasteiger partial charge in [-0.25, -0.2) is 0 Å². The van der Waals surface area contributed by atoms with E-state index in [1.807, 2.05) is 36.4 Å². The van der Waals surface area contributed by atoms with Gasteiger partial charge in [-0.1, -0.05) is 30.2 Å². The van der Waals surface area contributed by atoms with Crippen molar-refractivity contribution >= 4 is 25.3 Å². The van der Waals surface area contributed by atoms with E-state index >= 15 is 0 Å². The van der Waals surface area contributed by atoms with Crippen LogP contribution in [0.1, 0.15) is 19.8 Å². The van der Waals surface area contributed by atoms with Crippen LogP contribution in [0, 0.1) is 15.3 Å². The molecule has 0 saturated carbocycles. The van der Waals surface area contributed by atoms with Gasteiger partial charge in [-0.15, -0.1) is 0 Å². The van der Waals surface area contributed by atoms with Gasteiger partial charge in [-0.3, -0.25) is 9.97 Å². The fourth-order valence-electron chi connectivity index (χ4n) is 1.43. The monoisotopic (exact) mass is 563 g/mol. The van der Waals surface area contributed by atoms with Crippen LogP contribution in [0.4, 0.5) is 0 Å². The standard InChI is InChI=1S/C10H8N2.C5H13NS2.NO3.Pt/c1-3-7-11-9(5-1)10-6-2-4-8-12-10;1-2-3-4-6-5(7)8;2-1(3)4;/h1-8H;5-8H,2-4H2,1H3;;/q;;-1;+2/p-1. The van der Waals surface area contributed by atoms with Crippen LogP contribution in [0.2, 0.25) is 0 Å². The van der Waals surface area contributed by atoms with Crippen LogP contribution in [0.15, 0.2) is 48.8 Å². The number of rotatable bonds is 5. The predicted molar refractivity (Wildman–Crippen MR) is 101 cm³/mol. The number of hydrogen-bond acceptors (Lipinski definition) is 8. The third kappa shape index (κ3) is 17.5. The van der Waals surface area contributed by atoms with E-state index in [1.54, 1.807) is 12.4 Å². The molecule has 2 rings (SSSR count). The molecule has 0 amide bonds. The molecule has 1 unspecified atom stereocenters. The molecule has 25 heavy (non-hydrogen) atoms. The number of pyridine rings is 2. The molecule has 10 heteroatoms. The Morgan fingerprint density at radius 2 is 1.60 bits per heavy atom. The first kappa shape index (κ1) is 26.1. The zero-order valence-electron chi connectivity index (χ0n) is 13.6. The molecule has 0 radical (unpaired) electrons. The summed E-state index contributed by atoms with van der Waals surface area (Å²) in [6.07, 6.45) is 5.94. The summed E-state index contributed by atoms with van der Waals surface area (Å²) in [4.78, 5) is 16.6. The zero-order valence-corrected chi connectivity index (χ0v) is 17.5. The number of aromatic nitrogens is 2. The van der Waals surface area contributed by atoms with Gasteiger partial charge in [0.2, 0.25) is 0 Å². The Bertz CT molecular complexity index is 509. The van der Waals surface area contributed by atoms with Gasteiger partial charge in [-0.2, -0.15) is 12.6 Å². The van der Waals surface area contributed by atoms with Gasteiger partial charge >= 0.3 is 21.1 Å². The Hall–Kier alpha value is -1.15. The quantitative estimate of drug-likeness (QED) is 0.144. The Balaban J connectivity index is 0. The van der Waals surface area contributed by atoms with Crippen molar-refractivity contribution in [3.8, 4) is 11.4 Å². The minimum atomic E-state index is -1.75. The molecule has 0 bridgehead atoms. The van der Waals surface area contributed by atoms with Crippen molar-refractivity contribution in [1.82, 2.24) is 15.3 Å². The van der Waals surface area contributed by atoms with E-state index in [0.717, 1.165) is 17.9 Å². The molecule has 0 spiro atoms. The maximum atomic E-state index is 8.25. The van der Waals surface area contributed by atoms with Crippen LogP contribution >= 0.6 is 12.6 Å². The molecule has 1 atom stereocenters. The first-order chi connectivity index (χ1) is 11.5. The van der Waals surface area contributed by atoms with Crippen molar-refractivity contribution in [1.29, 1.82) is 0 Å². The van der Waals surface area contributed by atoms with Crippen LogP contribution in [0.5, 0.6) is 0 Å². The van der Waals surface area contributed by atoms with E-state index in [-0.39, 0.29) is 25.8 Å². The Labute approximate surface area is 172 Å². The summed E-state index contributed by atoms with van der Waals surface area (Å²) in [5.74, 6) is 0. The number of hydrogen-bond donors (Lipinski definition) is 2. The van der Waals surface area contributed by atoms with Crippen LogP contribution in [0.25, 0.3) is 11.4 Å². The number of nitrogens with one attached hydrogen (secondary N) is 1. The average molecular weight is 564 g/mol. The third-order valence-corrected chi connectivity index (χ3v) is 2.79.